The first kappa shape index (κ1) is 17.3. The van der Waals surface area contributed by atoms with Gasteiger partial charge in [-0.2, -0.15) is 13.1 Å². The van der Waals surface area contributed by atoms with Gasteiger partial charge in [-0.3, -0.25) is 4.99 Å². The highest BCUT2D eigenvalue weighted by atomic mass is 32.2. The number of ether oxygens (including phenoxy) is 1. The summed E-state index contributed by atoms with van der Waals surface area (Å²) in [7, 11) is -2.02. The Balaban J connectivity index is 2.03. The first-order valence-corrected chi connectivity index (χ1v) is 9.40. The number of hydrogen-bond acceptors (Lipinski definition) is 6. The molecule has 124 valence electrons. The van der Waals surface area contributed by atoms with Crippen molar-refractivity contribution in [2.24, 2.45) is 10.1 Å². The summed E-state index contributed by atoms with van der Waals surface area (Å²) >= 11 is 1.52. The number of thiazole rings is 1. The first-order chi connectivity index (χ1) is 10.5. The van der Waals surface area contributed by atoms with Gasteiger partial charge in [0.1, 0.15) is 0 Å². The number of nitrogens with two attached hydrogens (primary N) is 1. The van der Waals surface area contributed by atoms with Gasteiger partial charge >= 0.3 is 0 Å². The lowest BCUT2D eigenvalue weighted by atomic mass is 10.3. The standard InChI is InChI=1S/C12H21N5O3S2/c1-20-7-2-4-14-11(12-15-5-8-21-12)17-6-3-10(9-17)16-22(13,18)19/h5,8,10,16H,2-4,6-7,9H2,1H3,(H2,13,18,19)/b14-11-/t10-/m0/s1. The molecule has 2 rings (SSSR count). The van der Waals surface area contributed by atoms with Crippen LogP contribution in [0, 0.1) is 0 Å². The van der Waals surface area contributed by atoms with Crippen LogP contribution in [0.5, 0.6) is 0 Å². The summed E-state index contributed by atoms with van der Waals surface area (Å²) in [4.78, 5) is 11.0. The van der Waals surface area contributed by atoms with Gasteiger partial charge < -0.3 is 9.64 Å². The molecule has 1 aliphatic rings. The van der Waals surface area contributed by atoms with Gasteiger partial charge in [-0.15, -0.1) is 11.3 Å². The minimum atomic E-state index is -3.68. The molecule has 0 spiro atoms. The fourth-order valence-electron chi connectivity index (χ4n) is 2.31. The molecule has 0 amide bonds. The smallest absolute Gasteiger partial charge is 0.274 e. The zero-order chi connectivity index (χ0) is 16.0. The van der Waals surface area contributed by atoms with Crippen molar-refractivity contribution in [3.8, 4) is 0 Å². The van der Waals surface area contributed by atoms with E-state index in [1.165, 1.54) is 11.3 Å². The molecule has 22 heavy (non-hydrogen) atoms. The van der Waals surface area contributed by atoms with Gasteiger partial charge in [-0.05, 0) is 12.8 Å². The van der Waals surface area contributed by atoms with E-state index >= 15 is 0 Å². The maximum absolute atomic E-state index is 11.1. The average Bonchev–Trinajstić information content (AvgIpc) is 3.09. The van der Waals surface area contributed by atoms with E-state index in [1.807, 2.05) is 5.38 Å². The molecule has 0 aliphatic carbocycles. The van der Waals surface area contributed by atoms with Gasteiger partial charge in [0.15, 0.2) is 10.8 Å². The SMILES string of the molecule is COCCC/N=C(/c1nccs1)N1CC[C@H](NS(N)(=O)=O)C1. The lowest BCUT2D eigenvalue weighted by Gasteiger charge is -2.19. The van der Waals surface area contributed by atoms with Gasteiger partial charge in [0.05, 0.1) is 0 Å². The third-order valence-electron chi connectivity index (χ3n) is 3.21. The zero-order valence-corrected chi connectivity index (χ0v) is 14.1. The Morgan fingerprint density at radius 1 is 1.68 bits per heavy atom. The van der Waals surface area contributed by atoms with Crippen LogP contribution in [0.4, 0.5) is 0 Å². The second-order valence-corrected chi connectivity index (χ2v) is 7.20. The van der Waals surface area contributed by atoms with Crippen LogP contribution in [0.1, 0.15) is 17.8 Å². The van der Waals surface area contributed by atoms with Crippen molar-refractivity contribution in [2.75, 3.05) is 33.4 Å². The summed E-state index contributed by atoms with van der Waals surface area (Å²) in [6.45, 7) is 2.56. The third-order valence-corrected chi connectivity index (χ3v) is 4.64. The largest absolute Gasteiger partial charge is 0.385 e. The Bertz CT molecular complexity index is 588. The summed E-state index contributed by atoms with van der Waals surface area (Å²) in [5, 5.41) is 7.77. The molecular weight excluding hydrogens is 326 g/mol. The molecule has 1 aliphatic heterocycles. The van der Waals surface area contributed by atoms with Crippen molar-refractivity contribution in [1.29, 1.82) is 0 Å². The van der Waals surface area contributed by atoms with Crippen molar-refractivity contribution in [2.45, 2.75) is 18.9 Å². The van der Waals surface area contributed by atoms with Gasteiger partial charge in [0.25, 0.3) is 10.2 Å². The van der Waals surface area contributed by atoms with Crippen molar-refractivity contribution < 1.29 is 13.2 Å². The number of aromatic nitrogens is 1. The van der Waals surface area contributed by atoms with Crippen molar-refractivity contribution in [3.05, 3.63) is 16.6 Å². The fraction of sp³-hybridized carbons (Fsp3) is 0.667. The van der Waals surface area contributed by atoms with Crippen molar-refractivity contribution in [3.63, 3.8) is 0 Å². The van der Waals surface area contributed by atoms with Crippen LogP contribution in [0.15, 0.2) is 16.6 Å². The minimum absolute atomic E-state index is 0.195. The van der Waals surface area contributed by atoms with E-state index in [9.17, 15) is 8.42 Å². The van der Waals surface area contributed by atoms with Gasteiger partial charge in [0.2, 0.25) is 0 Å². The summed E-state index contributed by atoms with van der Waals surface area (Å²) in [5.41, 5.74) is 0. The molecule has 10 heteroatoms. The molecule has 3 N–H and O–H groups in total. The fourth-order valence-corrected chi connectivity index (χ4v) is 3.64. The normalized spacial score (nSPS) is 19.8. The van der Waals surface area contributed by atoms with Crippen LogP contribution in [0.3, 0.4) is 0 Å². The molecule has 0 aromatic carbocycles. The maximum atomic E-state index is 11.1. The summed E-state index contributed by atoms with van der Waals surface area (Å²) < 4.78 is 29.7. The molecule has 0 bridgehead atoms. The highest BCUT2D eigenvalue weighted by Crippen LogP contribution is 2.16. The number of hydrogen-bond donors (Lipinski definition) is 2. The van der Waals surface area contributed by atoms with Crippen LogP contribution in [-0.4, -0.2) is 63.5 Å². The molecule has 0 unspecified atom stereocenters. The molecular formula is C12H21N5O3S2. The van der Waals surface area contributed by atoms with E-state index in [0.29, 0.717) is 26.1 Å². The number of nitrogens with one attached hydrogen (secondary N) is 1. The molecule has 1 fully saturated rings. The van der Waals surface area contributed by atoms with E-state index in [2.05, 4.69) is 19.6 Å². The lowest BCUT2D eigenvalue weighted by molar-refractivity contribution is 0.197. The topological polar surface area (TPSA) is 110 Å². The van der Waals surface area contributed by atoms with E-state index < -0.39 is 10.2 Å². The van der Waals surface area contributed by atoms with Crippen molar-refractivity contribution in [1.82, 2.24) is 14.6 Å². The number of rotatable bonds is 7. The highest BCUT2D eigenvalue weighted by molar-refractivity contribution is 7.87. The number of likely N-dealkylation sites (tertiary alicyclic amines) is 1. The molecule has 0 radical (unpaired) electrons. The molecule has 1 saturated heterocycles. The molecule has 1 atom stereocenters. The lowest BCUT2D eigenvalue weighted by Crippen LogP contribution is -2.41. The maximum Gasteiger partial charge on any atom is 0.274 e. The predicted molar refractivity (Wildman–Crippen MR) is 86.2 cm³/mol. The van der Waals surface area contributed by atoms with Gasteiger partial charge in [-0.1, -0.05) is 0 Å². The van der Waals surface area contributed by atoms with E-state index in [4.69, 9.17) is 9.88 Å². The average molecular weight is 347 g/mol. The number of methoxy groups -OCH3 is 1. The molecule has 1 aromatic heterocycles. The second-order valence-electron chi connectivity index (χ2n) is 4.98. The highest BCUT2D eigenvalue weighted by Gasteiger charge is 2.28. The van der Waals surface area contributed by atoms with Crippen LogP contribution in [-0.2, 0) is 14.9 Å². The molecule has 8 nitrogen and oxygen atoms in total. The quantitative estimate of drug-likeness (QED) is 0.403. The van der Waals surface area contributed by atoms with Crippen LogP contribution >= 0.6 is 11.3 Å². The molecule has 0 saturated carbocycles. The van der Waals surface area contributed by atoms with Crippen molar-refractivity contribution >= 4 is 27.4 Å². The minimum Gasteiger partial charge on any atom is -0.385 e. The van der Waals surface area contributed by atoms with Crippen LogP contribution in [0.25, 0.3) is 0 Å². The van der Waals surface area contributed by atoms with Gasteiger partial charge in [0, 0.05) is 51.0 Å². The molecule has 1 aromatic rings. The zero-order valence-electron chi connectivity index (χ0n) is 12.4. The predicted octanol–water partition coefficient (Wildman–Crippen LogP) is -0.206. The van der Waals surface area contributed by atoms with Gasteiger partial charge in [-0.25, -0.2) is 10.1 Å². The van der Waals surface area contributed by atoms with E-state index in [1.54, 1.807) is 13.3 Å². The van der Waals surface area contributed by atoms with E-state index in [-0.39, 0.29) is 6.04 Å². The molecule has 2 heterocycles. The van der Waals surface area contributed by atoms with Crippen LogP contribution in [0.2, 0.25) is 0 Å². The summed E-state index contributed by atoms with van der Waals surface area (Å²) in [6.07, 6.45) is 3.26. The number of amidine groups is 1. The first-order valence-electron chi connectivity index (χ1n) is 6.98. The second kappa shape index (κ2) is 7.97. The van der Waals surface area contributed by atoms with E-state index in [0.717, 1.165) is 23.8 Å². The Kier molecular flexibility index (Phi) is 6.26. The van der Waals surface area contributed by atoms with Crippen LogP contribution < -0.4 is 9.86 Å². The Labute approximate surface area is 134 Å². The number of aliphatic imine (C=N–C) groups is 1. The third kappa shape index (κ3) is 5.29. The summed E-state index contributed by atoms with van der Waals surface area (Å²) in [6, 6.07) is -0.195. The summed E-state index contributed by atoms with van der Waals surface area (Å²) in [5.74, 6) is 0.810. The number of nitrogens with zero attached hydrogens (tertiary/aromatic N) is 3. The Hall–Kier alpha value is -1.07. The Morgan fingerprint density at radius 2 is 2.50 bits per heavy atom. The monoisotopic (exact) mass is 347 g/mol. The Morgan fingerprint density at radius 3 is 3.14 bits per heavy atom.